The zero-order chi connectivity index (χ0) is 6.69. The Labute approximate surface area is 56.8 Å². The lowest BCUT2D eigenvalue weighted by Gasteiger charge is -1.81. The summed E-state index contributed by atoms with van der Waals surface area (Å²) in [5.74, 6) is 1.40. The van der Waals surface area contributed by atoms with Gasteiger partial charge in [0.05, 0.1) is 5.75 Å². The monoisotopic (exact) mass is 145 g/mol. The summed E-state index contributed by atoms with van der Waals surface area (Å²) >= 11 is 1.63. The smallest absolute Gasteiger partial charge is 0.318 e. The molecule has 5 heteroatoms. The van der Waals surface area contributed by atoms with E-state index in [0.717, 1.165) is 5.75 Å². The fourth-order valence-electron chi connectivity index (χ4n) is 0.455. The molecule has 0 spiro atoms. The molecule has 1 aromatic heterocycles. The number of rotatable bonds is 2. The van der Waals surface area contributed by atoms with Crippen LogP contribution in [0.2, 0.25) is 0 Å². The second-order valence-electron chi connectivity index (χ2n) is 1.48. The number of hydrogen-bond acceptors (Lipinski definition) is 5. The lowest BCUT2D eigenvalue weighted by molar-refractivity contribution is 0.429. The molecule has 0 aromatic carbocycles. The van der Waals surface area contributed by atoms with Crippen LogP contribution in [-0.2, 0) is 5.75 Å². The van der Waals surface area contributed by atoms with E-state index in [-0.39, 0.29) is 6.01 Å². The zero-order valence-electron chi connectivity index (χ0n) is 5.00. The predicted molar refractivity (Wildman–Crippen MR) is 35.9 cm³/mol. The van der Waals surface area contributed by atoms with Gasteiger partial charge in [-0.3, -0.25) is 0 Å². The highest BCUT2D eigenvalue weighted by Gasteiger charge is 1.98. The van der Waals surface area contributed by atoms with Crippen LogP contribution in [0.3, 0.4) is 0 Å². The number of thioether (sulfide) groups is 1. The number of hydrogen-bond donors (Lipinski definition) is 1. The second-order valence-corrected chi connectivity index (χ2v) is 2.35. The van der Waals surface area contributed by atoms with Gasteiger partial charge >= 0.3 is 6.01 Å². The van der Waals surface area contributed by atoms with Gasteiger partial charge < -0.3 is 10.3 Å². The minimum Gasteiger partial charge on any atom is -0.351 e. The highest BCUT2D eigenvalue weighted by Crippen LogP contribution is 2.05. The van der Waals surface area contributed by atoms with Crippen LogP contribution in [0.15, 0.2) is 4.52 Å². The Kier molecular flexibility index (Phi) is 1.94. The first-order chi connectivity index (χ1) is 4.33. The summed E-state index contributed by atoms with van der Waals surface area (Å²) in [5.41, 5.74) is 5.16. The van der Waals surface area contributed by atoms with Crippen molar-refractivity contribution in [2.24, 2.45) is 0 Å². The van der Waals surface area contributed by atoms with E-state index >= 15 is 0 Å². The van der Waals surface area contributed by atoms with Crippen LogP contribution in [0.4, 0.5) is 6.01 Å². The molecule has 0 saturated heterocycles. The Hall–Kier alpha value is -0.710. The summed E-state index contributed by atoms with van der Waals surface area (Å²) < 4.78 is 4.52. The topological polar surface area (TPSA) is 64.9 Å². The molecule has 0 fully saturated rings. The first-order valence-corrected chi connectivity index (χ1v) is 3.79. The molecule has 1 rings (SSSR count). The molecule has 0 bridgehead atoms. The van der Waals surface area contributed by atoms with Gasteiger partial charge in [0.2, 0.25) is 0 Å². The molecule has 0 unspecified atom stereocenters. The molecule has 4 nitrogen and oxygen atoms in total. The Morgan fingerprint density at radius 1 is 1.78 bits per heavy atom. The number of anilines is 1. The van der Waals surface area contributed by atoms with Crippen molar-refractivity contribution in [3.63, 3.8) is 0 Å². The van der Waals surface area contributed by atoms with Crippen molar-refractivity contribution in [2.75, 3.05) is 12.0 Å². The molecule has 0 atom stereocenters. The number of aromatic nitrogens is 2. The molecule has 0 aliphatic heterocycles. The number of nitrogen functional groups attached to an aromatic ring is 1. The highest BCUT2D eigenvalue weighted by atomic mass is 32.2. The van der Waals surface area contributed by atoms with Crippen LogP contribution in [-0.4, -0.2) is 16.4 Å². The summed E-state index contributed by atoms with van der Waals surface area (Å²) in [6, 6.07) is 0.138. The summed E-state index contributed by atoms with van der Waals surface area (Å²) in [7, 11) is 0. The van der Waals surface area contributed by atoms with E-state index in [9.17, 15) is 0 Å². The average Bonchev–Trinajstić information content (AvgIpc) is 2.17. The van der Waals surface area contributed by atoms with E-state index in [1.165, 1.54) is 0 Å². The van der Waals surface area contributed by atoms with Crippen LogP contribution in [0, 0.1) is 0 Å². The van der Waals surface area contributed by atoms with Gasteiger partial charge in [0.1, 0.15) is 0 Å². The molecule has 0 radical (unpaired) electrons. The molecule has 0 aliphatic carbocycles. The highest BCUT2D eigenvalue weighted by molar-refractivity contribution is 7.97. The van der Waals surface area contributed by atoms with Gasteiger partial charge in [0.25, 0.3) is 0 Å². The largest absolute Gasteiger partial charge is 0.351 e. The first kappa shape index (κ1) is 6.41. The summed E-state index contributed by atoms with van der Waals surface area (Å²) in [5, 5.41) is 3.57. The van der Waals surface area contributed by atoms with Crippen LogP contribution in [0.1, 0.15) is 5.82 Å². The van der Waals surface area contributed by atoms with Crippen LogP contribution in [0.25, 0.3) is 0 Å². The molecule has 0 saturated carbocycles. The maximum atomic E-state index is 5.16. The maximum Gasteiger partial charge on any atom is 0.318 e. The summed E-state index contributed by atoms with van der Waals surface area (Å²) in [6.07, 6.45) is 1.96. The summed E-state index contributed by atoms with van der Waals surface area (Å²) in [4.78, 5) is 3.78. The second kappa shape index (κ2) is 2.72. The van der Waals surface area contributed by atoms with Crippen molar-refractivity contribution in [1.82, 2.24) is 10.1 Å². The van der Waals surface area contributed by atoms with Gasteiger partial charge in [-0.25, -0.2) is 0 Å². The minimum absolute atomic E-state index is 0.138. The predicted octanol–water partition coefficient (Wildman–Crippen LogP) is 0.515. The van der Waals surface area contributed by atoms with Crippen molar-refractivity contribution in [2.45, 2.75) is 5.75 Å². The lowest BCUT2D eigenvalue weighted by atomic mass is 10.7. The van der Waals surface area contributed by atoms with Crippen molar-refractivity contribution in [3.05, 3.63) is 5.82 Å². The van der Waals surface area contributed by atoms with Crippen LogP contribution >= 0.6 is 11.8 Å². The van der Waals surface area contributed by atoms with Gasteiger partial charge in [-0.05, 0) is 6.26 Å². The Bertz CT molecular complexity index is 188. The summed E-state index contributed by atoms with van der Waals surface area (Å²) in [6.45, 7) is 0. The third kappa shape index (κ3) is 1.60. The van der Waals surface area contributed by atoms with E-state index in [2.05, 4.69) is 14.7 Å². The first-order valence-electron chi connectivity index (χ1n) is 2.40. The standard InChI is InChI=1S/C4H7N3OS/c1-9-2-3-6-4(5)8-7-3/h2H2,1H3,(H2,5,6,7). The van der Waals surface area contributed by atoms with Gasteiger partial charge in [-0.15, -0.1) is 0 Å². The number of nitrogens with zero attached hydrogens (tertiary/aromatic N) is 2. The molecular weight excluding hydrogens is 138 g/mol. The molecule has 2 N–H and O–H groups in total. The fourth-order valence-corrected chi connectivity index (χ4v) is 0.831. The fraction of sp³-hybridized carbons (Fsp3) is 0.500. The zero-order valence-corrected chi connectivity index (χ0v) is 5.81. The van der Waals surface area contributed by atoms with Crippen molar-refractivity contribution in [1.29, 1.82) is 0 Å². The van der Waals surface area contributed by atoms with Gasteiger partial charge in [-0.1, -0.05) is 5.16 Å². The van der Waals surface area contributed by atoms with Gasteiger partial charge in [0, 0.05) is 0 Å². The van der Waals surface area contributed by atoms with E-state index in [1.54, 1.807) is 11.8 Å². The van der Waals surface area contributed by atoms with E-state index in [0.29, 0.717) is 5.82 Å². The minimum atomic E-state index is 0.138. The van der Waals surface area contributed by atoms with Crippen molar-refractivity contribution >= 4 is 17.8 Å². The van der Waals surface area contributed by atoms with Gasteiger partial charge in [-0.2, -0.15) is 16.7 Å². The SMILES string of the molecule is CSCc1noc(N)n1. The Balaban J connectivity index is 2.61. The Morgan fingerprint density at radius 3 is 3.00 bits per heavy atom. The van der Waals surface area contributed by atoms with Gasteiger partial charge in [0.15, 0.2) is 5.82 Å². The maximum absolute atomic E-state index is 5.16. The molecule has 0 amide bonds. The normalized spacial score (nSPS) is 9.89. The van der Waals surface area contributed by atoms with Crippen molar-refractivity contribution < 1.29 is 4.52 Å². The van der Waals surface area contributed by atoms with Crippen LogP contribution in [0.5, 0.6) is 0 Å². The third-order valence-corrected chi connectivity index (χ3v) is 1.30. The molecule has 50 valence electrons. The van der Waals surface area contributed by atoms with E-state index in [4.69, 9.17) is 5.73 Å². The molecule has 1 heterocycles. The third-order valence-electron chi connectivity index (χ3n) is 0.757. The molecule has 9 heavy (non-hydrogen) atoms. The van der Waals surface area contributed by atoms with E-state index in [1.807, 2.05) is 6.26 Å². The molecule has 0 aliphatic rings. The lowest BCUT2D eigenvalue weighted by Crippen LogP contribution is -1.85. The Morgan fingerprint density at radius 2 is 2.56 bits per heavy atom. The van der Waals surface area contributed by atoms with Crippen molar-refractivity contribution in [3.8, 4) is 0 Å². The van der Waals surface area contributed by atoms with E-state index < -0.39 is 0 Å². The average molecular weight is 145 g/mol. The van der Waals surface area contributed by atoms with Crippen LogP contribution < -0.4 is 5.73 Å². The molecular formula is C4H7N3OS. The molecule has 1 aromatic rings. The quantitative estimate of drug-likeness (QED) is 0.657. The number of nitrogens with two attached hydrogens (primary N) is 1.